The van der Waals surface area contributed by atoms with E-state index in [-0.39, 0.29) is 0 Å². The summed E-state index contributed by atoms with van der Waals surface area (Å²) in [5.74, 6) is 0.893. The maximum atomic E-state index is 5.79. The van der Waals surface area contributed by atoms with Gasteiger partial charge in [0.05, 0.1) is 6.61 Å². The van der Waals surface area contributed by atoms with Crippen LogP contribution in [0, 0.1) is 0 Å². The van der Waals surface area contributed by atoms with Gasteiger partial charge < -0.3 is 10.1 Å². The average Bonchev–Trinajstić information content (AvgIpc) is 2.35. The van der Waals surface area contributed by atoms with Gasteiger partial charge in [-0.25, -0.2) is 0 Å². The van der Waals surface area contributed by atoms with Crippen molar-refractivity contribution in [3.63, 3.8) is 0 Å². The Bertz CT molecular complexity index is 300. The Kier molecular flexibility index (Phi) is 7.06. The van der Waals surface area contributed by atoms with E-state index in [2.05, 4.69) is 19.2 Å². The molecule has 0 saturated carbocycles. The Labute approximate surface area is 109 Å². The van der Waals surface area contributed by atoms with Gasteiger partial charge in [-0.05, 0) is 57.0 Å². The summed E-state index contributed by atoms with van der Waals surface area (Å²) in [4.78, 5) is 0. The van der Waals surface area contributed by atoms with E-state index < -0.39 is 0 Å². The van der Waals surface area contributed by atoms with Crippen LogP contribution >= 0.6 is 11.6 Å². The predicted molar refractivity (Wildman–Crippen MR) is 73.9 cm³/mol. The van der Waals surface area contributed by atoms with Crippen molar-refractivity contribution in [1.82, 2.24) is 5.32 Å². The van der Waals surface area contributed by atoms with Gasteiger partial charge in [0.15, 0.2) is 0 Å². The SMILES string of the molecule is CCC(C)NCCCCOc1ccc(Cl)cc1. The number of halogens is 1. The van der Waals surface area contributed by atoms with Crippen LogP contribution in [0.25, 0.3) is 0 Å². The number of unbranched alkanes of at least 4 members (excludes halogenated alkanes) is 1. The Balaban J connectivity index is 2.02. The summed E-state index contributed by atoms with van der Waals surface area (Å²) in [5.41, 5.74) is 0. The Morgan fingerprint density at radius 1 is 1.24 bits per heavy atom. The minimum Gasteiger partial charge on any atom is -0.494 e. The van der Waals surface area contributed by atoms with Crippen molar-refractivity contribution >= 4 is 11.6 Å². The molecule has 3 heteroatoms. The highest BCUT2D eigenvalue weighted by atomic mass is 35.5. The third-order valence-electron chi connectivity index (χ3n) is 2.76. The maximum Gasteiger partial charge on any atom is 0.119 e. The first-order chi connectivity index (χ1) is 8.22. The Morgan fingerprint density at radius 2 is 1.94 bits per heavy atom. The molecule has 96 valence electrons. The third kappa shape index (κ3) is 6.54. The van der Waals surface area contributed by atoms with Gasteiger partial charge in [-0.2, -0.15) is 0 Å². The smallest absolute Gasteiger partial charge is 0.119 e. The van der Waals surface area contributed by atoms with Crippen LogP contribution in [-0.2, 0) is 0 Å². The van der Waals surface area contributed by atoms with Gasteiger partial charge in [0.2, 0.25) is 0 Å². The summed E-state index contributed by atoms with van der Waals surface area (Å²) in [6, 6.07) is 8.12. The van der Waals surface area contributed by atoms with Crippen LogP contribution in [0.5, 0.6) is 5.75 Å². The standard InChI is InChI=1S/C14H22ClNO/c1-3-12(2)16-10-4-5-11-17-14-8-6-13(15)7-9-14/h6-9,12,16H,3-5,10-11H2,1-2H3. The van der Waals surface area contributed by atoms with Crippen LogP contribution in [0.2, 0.25) is 5.02 Å². The van der Waals surface area contributed by atoms with Crippen molar-refractivity contribution in [3.8, 4) is 5.75 Å². The molecule has 0 saturated heterocycles. The number of hydrogen-bond donors (Lipinski definition) is 1. The van der Waals surface area contributed by atoms with Crippen molar-refractivity contribution < 1.29 is 4.74 Å². The highest BCUT2D eigenvalue weighted by Crippen LogP contribution is 2.15. The van der Waals surface area contributed by atoms with Gasteiger partial charge >= 0.3 is 0 Å². The van der Waals surface area contributed by atoms with Crippen molar-refractivity contribution in [3.05, 3.63) is 29.3 Å². The number of benzene rings is 1. The summed E-state index contributed by atoms with van der Waals surface area (Å²) in [6.45, 7) is 6.24. The zero-order valence-electron chi connectivity index (χ0n) is 10.7. The van der Waals surface area contributed by atoms with E-state index in [0.717, 1.165) is 36.8 Å². The summed E-state index contributed by atoms with van der Waals surface area (Å²) < 4.78 is 5.61. The lowest BCUT2D eigenvalue weighted by molar-refractivity contribution is 0.304. The van der Waals surface area contributed by atoms with Crippen molar-refractivity contribution in [2.75, 3.05) is 13.2 Å². The average molecular weight is 256 g/mol. The zero-order valence-corrected chi connectivity index (χ0v) is 11.5. The molecule has 1 atom stereocenters. The second kappa shape index (κ2) is 8.37. The molecule has 0 radical (unpaired) electrons. The summed E-state index contributed by atoms with van der Waals surface area (Å²) >= 11 is 5.79. The minimum atomic E-state index is 0.618. The lowest BCUT2D eigenvalue weighted by atomic mass is 10.2. The zero-order chi connectivity index (χ0) is 12.5. The molecule has 0 aromatic heterocycles. The van der Waals surface area contributed by atoms with Crippen LogP contribution in [0.15, 0.2) is 24.3 Å². The molecule has 1 aromatic rings. The molecule has 0 aliphatic rings. The molecule has 0 heterocycles. The van der Waals surface area contributed by atoms with Gasteiger partial charge in [0.25, 0.3) is 0 Å². The molecule has 0 bridgehead atoms. The monoisotopic (exact) mass is 255 g/mol. The predicted octanol–water partition coefficient (Wildman–Crippen LogP) is 3.89. The molecule has 0 spiro atoms. The lowest BCUT2D eigenvalue weighted by Crippen LogP contribution is -2.26. The molecule has 2 nitrogen and oxygen atoms in total. The fourth-order valence-electron chi connectivity index (χ4n) is 1.44. The largest absolute Gasteiger partial charge is 0.494 e. The number of nitrogens with one attached hydrogen (secondary N) is 1. The highest BCUT2D eigenvalue weighted by molar-refractivity contribution is 6.30. The number of ether oxygens (including phenoxy) is 1. The number of rotatable bonds is 8. The third-order valence-corrected chi connectivity index (χ3v) is 3.01. The molecule has 0 amide bonds. The van der Waals surface area contributed by atoms with Crippen molar-refractivity contribution in [1.29, 1.82) is 0 Å². The van der Waals surface area contributed by atoms with Crippen LogP contribution < -0.4 is 10.1 Å². The van der Waals surface area contributed by atoms with Gasteiger partial charge in [-0.1, -0.05) is 18.5 Å². The quantitative estimate of drug-likeness (QED) is 0.712. The van der Waals surface area contributed by atoms with Crippen molar-refractivity contribution in [2.45, 2.75) is 39.2 Å². The normalized spacial score (nSPS) is 12.4. The van der Waals surface area contributed by atoms with Crippen LogP contribution in [0.4, 0.5) is 0 Å². The molecule has 17 heavy (non-hydrogen) atoms. The van der Waals surface area contributed by atoms with Crippen LogP contribution in [0.3, 0.4) is 0 Å². The first kappa shape index (κ1) is 14.3. The molecule has 0 aliphatic carbocycles. The van der Waals surface area contributed by atoms with Crippen LogP contribution in [0.1, 0.15) is 33.1 Å². The van der Waals surface area contributed by atoms with E-state index in [4.69, 9.17) is 16.3 Å². The van der Waals surface area contributed by atoms with Crippen LogP contribution in [-0.4, -0.2) is 19.2 Å². The van der Waals surface area contributed by atoms with Crippen molar-refractivity contribution in [2.24, 2.45) is 0 Å². The van der Waals surface area contributed by atoms with E-state index in [9.17, 15) is 0 Å². The highest BCUT2D eigenvalue weighted by Gasteiger charge is 1.97. The van der Waals surface area contributed by atoms with E-state index in [1.807, 2.05) is 24.3 Å². The summed E-state index contributed by atoms with van der Waals surface area (Å²) in [6.07, 6.45) is 3.41. The van der Waals surface area contributed by atoms with E-state index >= 15 is 0 Å². The molecule has 0 aliphatic heterocycles. The second-order valence-electron chi connectivity index (χ2n) is 4.27. The Morgan fingerprint density at radius 3 is 2.59 bits per heavy atom. The fourth-order valence-corrected chi connectivity index (χ4v) is 1.57. The topological polar surface area (TPSA) is 21.3 Å². The molecule has 1 aromatic carbocycles. The summed E-state index contributed by atoms with van der Waals surface area (Å²) in [7, 11) is 0. The van der Waals surface area contributed by atoms with E-state index in [0.29, 0.717) is 6.04 Å². The Hall–Kier alpha value is -0.730. The lowest BCUT2D eigenvalue weighted by Gasteiger charge is -2.11. The summed E-state index contributed by atoms with van der Waals surface area (Å²) in [5, 5.41) is 4.21. The van der Waals surface area contributed by atoms with E-state index in [1.165, 1.54) is 6.42 Å². The molecule has 0 fully saturated rings. The van der Waals surface area contributed by atoms with Gasteiger partial charge in [-0.15, -0.1) is 0 Å². The molecular formula is C14H22ClNO. The second-order valence-corrected chi connectivity index (χ2v) is 4.71. The molecule has 1 rings (SSSR count). The first-order valence-electron chi connectivity index (χ1n) is 6.34. The van der Waals surface area contributed by atoms with Gasteiger partial charge in [0.1, 0.15) is 5.75 Å². The minimum absolute atomic E-state index is 0.618. The molecule has 1 N–H and O–H groups in total. The maximum absolute atomic E-state index is 5.79. The fraction of sp³-hybridized carbons (Fsp3) is 0.571. The van der Waals surface area contributed by atoms with Gasteiger partial charge in [0, 0.05) is 11.1 Å². The van der Waals surface area contributed by atoms with E-state index in [1.54, 1.807) is 0 Å². The number of hydrogen-bond acceptors (Lipinski definition) is 2. The molecular weight excluding hydrogens is 234 g/mol. The first-order valence-corrected chi connectivity index (χ1v) is 6.72. The van der Waals surface area contributed by atoms with Gasteiger partial charge in [-0.3, -0.25) is 0 Å². The molecule has 1 unspecified atom stereocenters.